The van der Waals surface area contributed by atoms with Crippen molar-refractivity contribution in [1.82, 2.24) is 9.55 Å². The van der Waals surface area contributed by atoms with Gasteiger partial charge >= 0.3 is 0 Å². The number of aryl methyl sites for hydroxylation is 1. The van der Waals surface area contributed by atoms with Crippen LogP contribution in [0.25, 0.3) is 5.00 Å². The molecule has 6 heteroatoms. The summed E-state index contributed by atoms with van der Waals surface area (Å²) in [5.74, 6) is 0.733. The van der Waals surface area contributed by atoms with Gasteiger partial charge in [-0.15, -0.1) is 11.3 Å². The fourth-order valence-electron chi connectivity index (χ4n) is 2.25. The fraction of sp³-hybridized carbons (Fsp3) is 0.176. The predicted octanol–water partition coefficient (Wildman–Crippen LogP) is 3.43. The number of carbonyl (C=O) groups is 1. The molecule has 1 aromatic carbocycles. The smallest absolute Gasteiger partial charge is 0.228 e. The van der Waals surface area contributed by atoms with E-state index in [9.17, 15) is 4.79 Å². The molecule has 118 valence electrons. The molecule has 5 nitrogen and oxygen atoms in total. The number of nitrogens with one attached hydrogen (secondary N) is 1. The van der Waals surface area contributed by atoms with Crippen LogP contribution in [0.1, 0.15) is 11.3 Å². The fourth-order valence-corrected chi connectivity index (χ4v) is 3.05. The quantitative estimate of drug-likeness (QED) is 0.781. The van der Waals surface area contributed by atoms with Gasteiger partial charge in [-0.3, -0.25) is 9.36 Å². The topological polar surface area (TPSA) is 56.1 Å². The third kappa shape index (κ3) is 3.60. The van der Waals surface area contributed by atoms with Crippen LogP contribution in [0.2, 0.25) is 0 Å². The number of rotatable bonds is 5. The molecule has 0 bridgehead atoms. The molecule has 0 aliphatic carbocycles. The Bertz CT molecular complexity index is 805. The van der Waals surface area contributed by atoms with Gasteiger partial charge in [-0.1, -0.05) is 12.1 Å². The van der Waals surface area contributed by atoms with Crippen molar-refractivity contribution in [2.45, 2.75) is 13.3 Å². The Labute approximate surface area is 138 Å². The number of amides is 1. The van der Waals surface area contributed by atoms with E-state index in [-0.39, 0.29) is 5.91 Å². The van der Waals surface area contributed by atoms with Gasteiger partial charge in [0.05, 0.1) is 24.9 Å². The highest BCUT2D eigenvalue weighted by Crippen LogP contribution is 2.27. The zero-order chi connectivity index (χ0) is 16.2. The van der Waals surface area contributed by atoms with E-state index in [0.29, 0.717) is 6.42 Å². The van der Waals surface area contributed by atoms with Crippen LogP contribution in [0, 0.1) is 6.92 Å². The normalized spacial score (nSPS) is 10.5. The number of hydrogen-bond donors (Lipinski definition) is 1. The van der Waals surface area contributed by atoms with E-state index in [1.807, 2.05) is 53.4 Å². The number of hydrogen-bond acceptors (Lipinski definition) is 4. The molecule has 3 aromatic rings. The summed E-state index contributed by atoms with van der Waals surface area (Å²) >= 11 is 1.56. The van der Waals surface area contributed by atoms with Crippen LogP contribution in [0.15, 0.2) is 48.2 Å². The Hall–Kier alpha value is -2.60. The van der Waals surface area contributed by atoms with Gasteiger partial charge in [0.2, 0.25) is 5.91 Å². The van der Waals surface area contributed by atoms with E-state index in [0.717, 1.165) is 27.7 Å². The lowest BCUT2D eigenvalue weighted by Crippen LogP contribution is -2.15. The molecule has 0 radical (unpaired) electrons. The number of imidazole rings is 1. The van der Waals surface area contributed by atoms with Gasteiger partial charge in [0.25, 0.3) is 0 Å². The molecule has 0 aliphatic rings. The van der Waals surface area contributed by atoms with Crippen molar-refractivity contribution < 1.29 is 9.53 Å². The Morgan fingerprint density at radius 1 is 1.30 bits per heavy atom. The molecule has 0 atom stereocenters. The number of methoxy groups -OCH3 is 1. The first-order valence-electron chi connectivity index (χ1n) is 7.17. The lowest BCUT2D eigenvalue weighted by atomic mass is 10.1. The van der Waals surface area contributed by atoms with Gasteiger partial charge in [-0.2, -0.15) is 0 Å². The summed E-state index contributed by atoms with van der Waals surface area (Å²) in [5.41, 5.74) is 2.68. The highest BCUT2D eigenvalue weighted by Gasteiger charge is 2.11. The Morgan fingerprint density at radius 3 is 2.74 bits per heavy atom. The SMILES string of the molecule is COc1ccc(CC(=O)Nc2ccsc2-n2cnc(C)c2)cc1. The van der Waals surface area contributed by atoms with Crippen molar-refractivity contribution >= 4 is 22.9 Å². The van der Waals surface area contributed by atoms with E-state index in [1.54, 1.807) is 24.8 Å². The minimum atomic E-state index is -0.0494. The van der Waals surface area contributed by atoms with E-state index in [2.05, 4.69) is 10.3 Å². The predicted molar refractivity (Wildman–Crippen MR) is 91.5 cm³/mol. The van der Waals surface area contributed by atoms with Crippen LogP contribution in [-0.4, -0.2) is 22.6 Å². The Morgan fingerprint density at radius 2 is 2.09 bits per heavy atom. The highest BCUT2D eigenvalue weighted by atomic mass is 32.1. The van der Waals surface area contributed by atoms with Gasteiger partial charge in [-0.25, -0.2) is 4.98 Å². The molecular formula is C17H17N3O2S. The number of thiophene rings is 1. The molecule has 0 aliphatic heterocycles. The minimum Gasteiger partial charge on any atom is -0.497 e. The summed E-state index contributed by atoms with van der Waals surface area (Å²) in [6.45, 7) is 1.94. The molecule has 2 heterocycles. The maximum absolute atomic E-state index is 12.3. The first kappa shape index (κ1) is 15.3. The van der Waals surface area contributed by atoms with Crippen LogP contribution < -0.4 is 10.1 Å². The van der Waals surface area contributed by atoms with E-state index in [1.165, 1.54) is 0 Å². The molecule has 1 amide bonds. The number of benzene rings is 1. The van der Waals surface area contributed by atoms with Crippen LogP contribution in [0.4, 0.5) is 5.69 Å². The zero-order valence-electron chi connectivity index (χ0n) is 12.9. The molecule has 1 N–H and O–H groups in total. The van der Waals surface area contributed by atoms with Gasteiger partial charge in [0, 0.05) is 6.20 Å². The van der Waals surface area contributed by atoms with Gasteiger partial charge < -0.3 is 10.1 Å². The molecule has 0 spiro atoms. The maximum atomic E-state index is 12.3. The van der Waals surface area contributed by atoms with Crippen LogP contribution >= 0.6 is 11.3 Å². The molecule has 3 rings (SSSR count). The monoisotopic (exact) mass is 327 g/mol. The third-order valence-electron chi connectivity index (χ3n) is 3.39. The summed E-state index contributed by atoms with van der Waals surface area (Å²) in [7, 11) is 1.62. The molecule has 23 heavy (non-hydrogen) atoms. The van der Waals surface area contributed by atoms with Crippen molar-refractivity contribution in [1.29, 1.82) is 0 Å². The van der Waals surface area contributed by atoms with Gasteiger partial charge in [-0.05, 0) is 36.1 Å². The average Bonchev–Trinajstić information content (AvgIpc) is 3.16. The van der Waals surface area contributed by atoms with E-state index < -0.39 is 0 Å². The number of aromatic nitrogens is 2. The summed E-state index contributed by atoms with van der Waals surface area (Å²) in [4.78, 5) is 16.5. The second-order valence-corrected chi connectivity index (χ2v) is 6.03. The Balaban J connectivity index is 1.69. The average molecular weight is 327 g/mol. The van der Waals surface area contributed by atoms with Gasteiger partial charge in [0.1, 0.15) is 17.1 Å². The molecule has 2 aromatic heterocycles. The summed E-state index contributed by atoms with van der Waals surface area (Å²) in [6, 6.07) is 9.40. The summed E-state index contributed by atoms with van der Waals surface area (Å²) in [6.07, 6.45) is 4.01. The first-order valence-corrected chi connectivity index (χ1v) is 8.05. The largest absolute Gasteiger partial charge is 0.497 e. The lowest BCUT2D eigenvalue weighted by Gasteiger charge is -2.07. The molecule has 0 saturated carbocycles. The van der Waals surface area contributed by atoms with Gasteiger partial charge in [0.15, 0.2) is 0 Å². The van der Waals surface area contributed by atoms with Crippen LogP contribution in [-0.2, 0) is 11.2 Å². The molecule has 0 fully saturated rings. The lowest BCUT2D eigenvalue weighted by molar-refractivity contribution is -0.115. The van der Waals surface area contributed by atoms with Crippen molar-refractivity contribution in [2.24, 2.45) is 0 Å². The van der Waals surface area contributed by atoms with E-state index in [4.69, 9.17) is 4.74 Å². The molecule has 0 saturated heterocycles. The highest BCUT2D eigenvalue weighted by molar-refractivity contribution is 7.13. The third-order valence-corrected chi connectivity index (χ3v) is 4.31. The number of anilines is 1. The molecular weight excluding hydrogens is 310 g/mol. The van der Waals surface area contributed by atoms with E-state index >= 15 is 0 Å². The second kappa shape index (κ2) is 6.66. The zero-order valence-corrected chi connectivity index (χ0v) is 13.8. The second-order valence-electron chi connectivity index (χ2n) is 5.13. The van der Waals surface area contributed by atoms with Crippen LogP contribution in [0.5, 0.6) is 5.75 Å². The van der Waals surface area contributed by atoms with Crippen LogP contribution in [0.3, 0.4) is 0 Å². The van der Waals surface area contributed by atoms with Crippen molar-refractivity contribution in [2.75, 3.05) is 12.4 Å². The number of ether oxygens (including phenoxy) is 1. The number of nitrogens with zero attached hydrogens (tertiary/aromatic N) is 2. The standard InChI is InChI=1S/C17H17N3O2S/c1-12-10-20(11-18-12)17-15(7-8-23-17)19-16(21)9-13-3-5-14(22-2)6-4-13/h3-8,10-11H,9H2,1-2H3,(H,19,21). The summed E-state index contributed by atoms with van der Waals surface area (Å²) < 4.78 is 7.04. The van der Waals surface area contributed by atoms with Crippen molar-refractivity contribution in [3.63, 3.8) is 0 Å². The molecule has 0 unspecified atom stereocenters. The first-order chi connectivity index (χ1) is 11.2. The summed E-state index contributed by atoms with van der Waals surface area (Å²) in [5, 5.41) is 5.87. The van der Waals surface area contributed by atoms with Crippen molar-refractivity contribution in [3.05, 3.63) is 59.5 Å². The number of carbonyl (C=O) groups excluding carboxylic acids is 1. The van der Waals surface area contributed by atoms with Crippen molar-refractivity contribution in [3.8, 4) is 10.8 Å². The Kier molecular flexibility index (Phi) is 4.43. The maximum Gasteiger partial charge on any atom is 0.228 e. The minimum absolute atomic E-state index is 0.0494.